The van der Waals surface area contributed by atoms with Crippen molar-refractivity contribution in [2.75, 3.05) is 13.1 Å². The van der Waals surface area contributed by atoms with Crippen LogP contribution in [-0.2, 0) is 16.0 Å². The molecule has 0 bridgehead atoms. The fourth-order valence-corrected chi connectivity index (χ4v) is 3.47. The summed E-state index contributed by atoms with van der Waals surface area (Å²) in [5, 5.41) is 7.32. The molecule has 1 N–H and O–H groups in total. The van der Waals surface area contributed by atoms with Gasteiger partial charge in [-0.3, -0.25) is 4.79 Å². The summed E-state index contributed by atoms with van der Waals surface area (Å²) < 4.78 is 10.6. The van der Waals surface area contributed by atoms with Gasteiger partial charge in [-0.25, -0.2) is 4.79 Å². The van der Waals surface area contributed by atoms with Crippen molar-refractivity contribution in [1.29, 1.82) is 0 Å². The van der Waals surface area contributed by atoms with Crippen molar-refractivity contribution < 1.29 is 18.8 Å². The van der Waals surface area contributed by atoms with E-state index in [0.717, 1.165) is 11.1 Å². The molecule has 1 aliphatic rings. The Balaban J connectivity index is 1.51. The van der Waals surface area contributed by atoms with Crippen molar-refractivity contribution in [2.24, 2.45) is 0 Å². The van der Waals surface area contributed by atoms with Gasteiger partial charge in [0.2, 0.25) is 5.91 Å². The monoisotopic (exact) mass is 419 g/mol. The number of alkyl carbamates (subject to hydrolysis) is 1. The molecular weight excluding hydrogens is 394 g/mol. The highest BCUT2D eigenvalue weighted by molar-refractivity contribution is 6.30. The zero-order chi connectivity index (χ0) is 21.0. The highest BCUT2D eigenvalue weighted by Gasteiger charge is 2.28. The van der Waals surface area contributed by atoms with Gasteiger partial charge in [-0.15, -0.1) is 0 Å². The molecule has 1 saturated heterocycles. The Labute approximate surface area is 175 Å². The number of carbonyl (C=O) groups excluding carboxylic acids is 2. The zero-order valence-corrected chi connectivity index (χ0v) is 17.7. The molecule has 1 aromatic heterocycles. The quantitative estimate of drug-likeness (QED) is 0.790. The molecular formula is C21H26ClN3O4. The Morgan fingerprint density at radius 1 is 1.38 bits per heavy atom. The number of halogens is 1. The van der Waals surface area contributed by atoms with Gasteiger partial charge in [0.25, 0.3) is 0 Å². The van der Waals surface area contributed by atoms with Crippen molar-refractivity contribution in [3.05, 3.63) is 41.0 Å². The molecule has 2 heterocycles. The number of likely N-dealkylation sites (tertiary alicyclic amines) is 1. The number of amides is 2. The maximum atomic E-state index is 12.6. The number of benzene rings is 1. The van der Waals surface area contributed by atoms with Crippen LogP contribution in [0.2, 0.25) is 5.02 Å². The molecule has 0 saturated carbocycles. The summed E-state index contributed by atoms with van der Waals surface area (Å²) in [4.78, 5) is 26.3. The number of ether oxygens (including phenoxy) is 1. The third-order valence-electron chi connectivity index (χ3n) is 4.60. The average Bonchev–Trinajstić information content (AvgIpc) is 3.27. The molecule has 29 heavy (non-hydrogen) atoms. The topological polar surface area (TPSA) is 84.7 Å². The van der Waals surface area contributed by atoms with Crippen LogP contribution in [0.5, 0.6) is 0 Å². The first kappa shape index (κ1) is 21.2. The lowest BCUT2D eigenvalue weighted by molar-refractivity contribution is -0.130. The Kier molecular flexibility index (Phi) is 6.47. The molecule has 0 radical (unpaired) electrons. The zero-order valence-electron chi connectivity index (χ0n) is 16.9. The highest BCUT2D eigenvalue weighted by atomic mass is 35.5. The van der Waals surface area contributed by atoms with E-state index in [1.807, 2.05) is 32.9 Å². The van der Waals surface area contributed by atoms with Crippen LogP contribution in [-0.4, -0.2) is 46.8 Å². The number of hydrogen-bond donors (Lipinski definition) is 1. The summed E-state index contributed by atoms with van der Waals surface area (Å²) in [6.07, 6.45) is 2.76. The smallest absolute Gasteiger partial charge is 0.407 e. The second kappa shape index (κ2) is 8.86. The second-order valence-corrected chi connectivity index (χ2v) is 8.60. The van der Waals surface area contributed by atoms with Crippen LogP contribution >= 0.6 is 11.6 Å². The van der Waals surface area contributed by atoms with Crippen LogP contribution in [0.15, 0.2) is 35.0 Å². The molecule has 0 aliphatic carbocycles. The maximum absolute atomic E-state index is 12.6. The van der Waals surface area contributed by atoms with Gasteiger partial charge < -0.3 is 19.5 Å². The number of hydrogen-bond acceptors (Lipinski definition) is 5. The molecule has 156 valence electrons. The van der Waals surface area contributed by atoms with E-state index >= 15 is 0 Å². The third-order valence-corrected chi connectivity index (χ3v) is 4.84. The number of aryl methyl sites for hydroxylation is 1. The number of aromatic nitrogens is 1. The number of nitrogens with one attached hydrogen (secondary N) is 1. The molecule has 1 fully saturated rings. The SMILES string of the molecule is CC(C)(C)OC(=O)N[C@H]1CCN(C(=O)CCc2cnoc2-c2cccc(Cl)c2)C1. The van der Waals surface area contributed by atoms with E-state index in [1.54, 1.807) is 23.2 Å². The van der Waals surface area contributed by atoms with Crippen molar-refractivity contribution in [2.45, 2.75) is 51.7 Å². The first-order valence-electron chi connectivity index (χ1n) is 9.68. The van der Waals surface area contributed by atoms with Gasteiger partial charge in [-0.2, -0.15) is 0 Å². The first-order chi connectivity index (χ1) is 13.7. The summed E-state index contributed by atoms with van der Waals surface area (Å²) in [5.41, 5.74) is 1.15. The molecule has 3 rings (SSSR count). The van der Waals surface area contributed by atoms with Crippen LogP contribution < -0.4 is 5.32 Å². The average molecular weight is 420 g/mol. The summed E-state index contributed by atoms with van der Waals surface area (Å²) in [7, 11) is 0. The van der Waals surface area contributed by atoms with E-state index in [4.69, 9.17) is 20.9 Å². The molecule has 0 unspecified atom stereocenters. The molecule has 1 atom stereocenters. The van der Waals surface area contributed by atoms with Gasteiger partial charge in [0.15, 0.2) is 5.76 Å². The number of rotatable bonds is 5. The Morgan fingerprint density at radius 2 is 2.17 bits per heavy atom. The third kappa shape index (κ3) is 5.97. The molecule has 1 aliphatic heterocycles. The van der Waals surface area contributed by atoms with Crippen LogP contribution in [0.25, 0.3) is 11.3 Å². The van der Waals surface area contributed by atoms with Crippen molar-refractivity contribution in [1.82, 2.24) is 15.4 Å². The summed E-state index contributed by atoms with van der Waals surface area (Å²) in [6.45, 7) is 6.56. The van der Waals surface area contributed by atoms with E-state index in [0.29, 0.717) is 43.1 Å². The predicted octanol–water partition coefficient (Wildman–Crippen LogP) is 4.05. The second-order valence-electron chi connectivity index (χ2n) is 8.16. The van der Waals surface area contributed by atoms with Gasteiger partial charge >= 0.3 is 6.09 Å². The summed E-state index contributed by atoms with van der Waals surface area (Å²) >= 11 is 6.05. The molecule has 2 aromatic rings. The van der Waals surface area contributed by atoms with Gasteiger partial charge in [0.1, 0.15) is 5.60 Å². The number of carbonyl (C=O) groups is 2. The molecule has 8 heteroatoms. The molecule has 1 aromatic carbocycles. The van der Waals surface area contributed by atoms with Gasteiger partial charge in [0, 0.05) is 35.7 Å². The standard InChI is InChI=1S/C21H26ClN3O4/c1-21(2,3)28-20(27)24-17-9-10-25(13-17)18(26)8-7-15-12-23-29-19(15)14-5-4-6-16(22)11-14/h4-6,11-12,17H,7-10,13H2,1-3H3,(H,24,27)/t17-/m0/s1. The Hall–Kier alpha value is -2.54. The minimum atomic E-state index is -0.544. The Morgan fingerprint density at radius 3 is 2.90 bits per heavy atom. The summed E-state index contributed by atoms with van der Waals surface area (Å²) in [5.74, 6) is 0.669. The Bertz CT molecular complexity index is 875. The lowest BCUT2D eigenvalue weighted by atomic mass is 10.1. The largest absolute Gasteiger partial charge is 0.444 e. The van der Waals surface area contributed by atoms with Crippen molar-refractivity contribution >= 4 is 23.6 Å². The fraction of sp³-hybridized carbons (Fsp3) is 0.476. The van der Waals surface area contributed by atoms with Crippen LogP contribution in [0.1, 0.15) is 39.2 Å². The van der Waals surface area contributed by atoms with Crippen molar-refractivity contribution in [3.8, 4) is 11.3 Å². The van der Waals surface area contributed by atoms with Crippen LogP contribution in [0.4, 0.5) is 4.79 Å². The minimum Gasteiger partial charge on any atom is -0.444 e. The molecule has 7 nitrogen and oxygen atoms in total. The molecule has 0 spiro atoms. The maximum Gasteiger partial charge on any atom is 0.407 e. The van der Waals surface area contributed by atoms with Gasteiger partial charge in [-0.1, -0.05) is 28.9 Å². The number of nitrogens with zero attached hydrogens (tertiary/aromatic N) is 2. The normalized spacial score (nSPS) is 16.7. The van der Waals surface area contributed by atoms with E-state index in [1.165, 1.54) is 0 Å². The van der Waals surface area contributed by atoms with E-state index in [-0.39, 0.29) is 11.9 Å². The summed E-state index contributed by atoms with van der Waals surface area (Å²) in [6, 6.07) is 7.24. The van der Waals surface area contributed by atoms with Crippen LogP contribution in [0.3, 0.4) is 0 Å². The van der Waals surface area contributed by atoms with Crippen molar-refractivity contribution in [3.63, 3.8) is 0 Å². The van der Waals surface area contributed by atoms with E-state index in [2.05, 4.69) is 10.5 Å². The highest BCUT2D eigenvalue weighted by Crippen LogP contribution is 2.27. The van der Waals surface area contributed by atoms with Crippen LogP contribution in [0, 0.1) is 0 Å². The fourth-order valence-electron chi connectivity index (χ4n) is 3.28. The predicted molar refractivity (Wildman–Crippen MR) is 110 cm³/mol. The van der Waals surface area contributed by atoms with E-state index < -0.39 is 11.7 Å². The first-order valence-corrected chi connectivity index (χ1v) is 10.1. The van der Waals surface area contributed by atoms with Gasteiger partial charge in [-0.05, 0) is 45.7 Å². The molecule has 2 amide bonds. The minimum absolute atomic E-state index is 0.0386. The lowest BCUT2D eigenvalue weighted by Crippen LogP contribution is -2.41. The van der Waals surface area contributed by atoms with Gasteiger partial charge in [0.05, 0.1) is 12.2 Å². The van der Waals surface area contributed by atoms with E-state index in [9.17, 15) is 9.59 Å². The lowest BCUT2D eigenvalue weighted by Gasteiger charge is -2.22.